The van der Waals surface area contributed by atoms with E-state index in [1.54, 1.807) is 11.0 Å². The van der Waals surface area contributed by atoms with E-state index in [4.69, 9.17) is 4.74 Å². The third-order valence-electron chi connectivity index (χ3n) is 4.80. The van der Waals surface area contributed by atoms with Gasteiger partial charge in [0.15, 0.2) is 0 Å². The Morgan fingerprint density at radius 3 is 2.47 bits per heavy atom. The van der Waals surface area contributed by atoms with Crippen molar-refractivity contribution in [1.29, 1.82) is 5.26 Å². The number of carbonyl (C=O) groups excluding carboxylic acids is 1. The molecule has 9 heteroatoms. The molecule has 0 atom stereocenters. The SMILES string of the molecule is COc1c(Br)cc(/C=C(/C#N)C(=O)N2CCN(c3ccccc3)CC2)cc1[N+](=O)[O-]. The molecule has 1 heterocycles. The molecule has 0 spiro atoms. The molecule has 0 bridgehead atoms. The lowest BCUT2D eigenvalue weighted by molar-refractivity contribution is -0.385. The molecule has 1 aliphatic rings. The lowest BCUT2D eigenvalue weighted by atomic mass is 10.1. The number of para-hydroxylation sites is 1. The van der Waals surface area contributed by atoms with Crippen molar-refractivity contribution in [2.24, 2.45) is 0 Å². The van der Waals surface area contributed by atoms with Crippen molar-refractivity contribution in [3.8, 4) is 11.8 Å². The largest absolute Gasteiger partial charge is 0.489 e. The fourth-order valence-corrected chi connectivity index (χ4v) is 3.94. The van der Waals surface area contributed by atoms with E-state index in [1.165, 1.54) is 19.3 Å². The van der Waals surface area contributed by atoms with Gasteiger partial charge >= 0.3 is 5.69 Å². The third kappa shape index (κ3) is 4.60. The summed E-state index contributed by atoms with van der Waals surface area (Å²) >= 11 is 3.24. The second kappa shape index (κ2) is 9.41. The third-order valence-corrected chi connectivity index (χ3v) is 5.39. The van der Waals surface area contributed by atoms with Crippen LogP contribution >= 0.6 is 15.9 Å². The molecule has 0 N–H and O–H groups in total. The summed E-state index contributed by atoms with van der Waals surface area (Å²) in [7, 11) is 1.34. The standard InChI is InChI=1S/C21H19BrN4O4/c1-30-20-18(22)12-15(13-19(20)26(28)29)11-16(14-23)21(27)25-9-7-24(8-10-25)17-5-3-2-4-6-17/h2-6,11-13H,7-10H2,1H3/b16-11-. The maximum absolute atomic E-state index is 12.9. The monoisotopic (exact) mass is 470 g/mol. The molecular formula is C21H19BrN4O4. The molecular weight excluding hydrogens is 452 g/mol. The Kier molecular flexibility index (Phi) is 6.69. The molecule has 1 saturated heterocycles. The fourth-order valence-electron chi connectivity index (χ4n) is 3.31. The number of anilines is 1. The van der Waals surface area contributed by atoms with Gasteiger partial charge in [0.2, 0.25) is 5.75 Å². The van der Waals surface area contributed by atoms with Crippen LogP contribution in [0.1, 0.15) is 5.56 Å². The number of rotatable bonds is 5. The number of benzene rings is 2. The summed E-state index contributed by atoms with van der Waals surface area (Å²) in [6.07, 6.45) is 1.36. The number of methoxy groups -OCH3 is 1. The van der Waals surface area contributed by atoms with Crippen molar-refractivity contribution in [1.82, 2.24) is 4.90 Å². The molecule has 0 unspecified atom stereocenters. The molecule has 0 aliphatic carbocycles. The van der Waals surface area contributed by atoms with Crippen LogP contribution in [0.15, 0.2) is 52.5 Å². The highest BCUT2D eigenvalue weighted by Crippen LogP contribution is 2.36. The van der Waals surface area contributed by atoms with Gasteiger partial charge in [0.25, 0.3) is 5.91 Å². The van der Waals surface area contributed by atoms with Gasteiger partial charge in [-0.2, -0.15) is 5.26 Å². The molecule has 3 rings (SSSR count). The molecule has 2 aromatic rings. The molecule has 2 aromatic carbocycles. The van der Waals surface area contributed by atoms with Gasteiger partial charge in [-0.15, -0.1) is 0 Å². The highest BCUT2D eigenvalue weighted by molar-refractivity contribution is 9.10. The topological polar surface area (TPSA) is 99.7 Å². The number of halogens is 1. The molecule has 1 amide bonds. The van der Waals surface area contributed by atoms with Gasteiger partial charge in [-0.1, -0.05) is 18.2 Å². The highest BCUT2D eigenvalue weighted by Gasteiger charge is 2.25. The van der Waals surface area contributed by atoms with Crippen molar-refractivity contribution >= 4 is 39.3 Å². The van der Waals surface area contributed by atoms with Gasteiger partial charge in [0.05, 0.1) is 16.5 Å². The van der Waals surface area contributed by atoms with Crippen LogP contribution < -0.4 is 9.64 Å². The number of nitro groups is 1. The summed E-state index contributed by atoms with van der Waals surface area (Å²) in [6.45, 7) is 2.29. The number of amides is 1. The van der Waals surface area contributed by atoms with Crippen molar-refractivity contribution in [2.45, 2.75) is 0 Å². The Morgan fingerprint density at radius 1 is 1.23 bits per heavy atom. The summed E-state index contributed by atoms with van der Waals surface area (Å²) in [4.78, 5) is 27.4. The number of hydrogen-bond acceptors (Lipinski definition) is 6. The minimum absolute atomic E-state index is 0.0745. The molecule has 1 fully saturated rings. The Bertz CT molecular complexity index is 1030. The van der Waals surface area contributed by atoms with Crippen molar-refractivity contribution in [2.75, 3.05) is 38.2 Å². The second-order valence-electron chi connectivity index (χ2n) is 6.60. The van der Waals surface area contributed by atoms with E-state index in [2.05, 4.69) is 20.8 Å². The normalized spacial score (nSPS) is 14.2. The molecule has 0 aromatic heterocycles. The number of nitrogens with zero attached hydrogens (tertiary/aromatic N) is 4. The van der Waals surface area contributed by atoms with E-state index in [1.807, 2.05) is 36.4 Å². The van der Waals surface area contributed by atoms with Gasteiger partial charge in [-0.25, -0.2) is 0 Å². The van der Waals surface area contributed by atoms with Gasteiger partial charge in [0.1, 0.15) is 11.6 Å². The van der Waals surface area contributed by atoms with Gasteiger partial charge in [-0.3, -0.25) is 14.9 Å². The van der Waals surface area contributed by atoms with E-state index in [0.29, 0.717) is 36.2 Å². The maximum atomic E-state index is 12.9. The zero-order valence-corrected chi connectivity index (χ0v) is 17.8. The van der Waals surface area contributed by atoms with Crippen LogP contribution in [0.4, 0.5) is 11.4 Å². The number of ether oxygens (including phenoxy) is 1. The average Bonchev–Trinajstić information content (AvgIpc) is 2.77. The van der Waals surface area contributed by atoms with E-state index in [9.17, 15) is 20.2 Å². The molecule has 8 nitrogen and oxygen atoms in total. The second-order valence-corrected chi connectivity index (χ2v) is 7.45. The first-order chi connectivity index (χ1) is 14.4. The average molecular weight is 471 g/mol. The van der Waals surface area contributed by atoms with E-state index in [-0.39, 0.29) is 22.9 Å². The summed E-state index contributed by atoms with van der Waals surface area (Å²) in [5.74, 6) is -0.307. The molecule has 0 radical (unpaired) electrons. The Balaban J connectivity index is 1.78. The fraction of sp³-hybridized carbons (Fsp3) is 0.238. The Hall–Kier alpha value is -3.38. The highest BCUT2D eigenvalue weighted by atomic mass is 79.9. The van der Waals surface area contributed by atoms with Crippen molar-refractivity contribution < 1.29 is 14.5 Å². The Labute approximate surface area is 182 Å². The van der Waals surface area contributed by atoms with E-state index >= 15 is 0 Å². The summed E-state index contributed by atoms with van der Waals surface area (Å²) in [6, 6.07) is 14.7. The van der Waals surface area contributed by atoms with Crippen LogP contribution in [-0.4, -0.2) is 49.0 Å². The van der Waals surface area contributed by atoms with Crippen LogP contribution in [0, 0.1) is 21.4 Å². The summed E-state index contributed by atoms with van der Waals surface area (Å²) in [5, 5.41) is 20.8. The summed E-state index contributed by atoms with van der Waals surface area (Å²) < 4.78 is 5.43. The van der Waals surface area contributed by atoms with Crippen molar-refractivity contribution in [3.05, 3.63) is 68.2 Å². The van der Waals surface area contributed by atoms with Crippen LogP contribution in [0.2, 0.25) is 0 Å². The smallest absolute Gasteiger partial charge is 0.312 e. The van der Waals surface area contributed by atoms with Gasteiger partial charge < -0.3 is 14.5 Å². The molecule has 154 valence electrons. The zero-order chi connectivity index (χ0) is 21.7. The number of piperazine rings is 1. The van der Waals surface area contributed by atoms with Crippen LogP contribution in [-0.2, 0) is 4.79 Å². The first-order valence-corrected chi connectivity index (χ1v) is 9.97. The number of nitriles is 1. The van der Waals surface area contributed by atoms with Crippen LogP contribution in [0.5, 0.6) is 5.75 Å². The number of carbonyl (C=O) groups is 1. The predicted molar refractivity (Wildman–Crippen MR) is 116 cm³/mol. The minimum atomic E-state index is -0.572. The zero-order valence-electron chi connectivity index (χ0n) is 16.2. The number of hydrogen-bond donors (Lipinski definition) is 0. The van der Waals surface area contributed by atoms with Gasteiger partial charge in [0, 0.05) is 37.9 Å². The maximum Gasteiger partial charge on any atom is 0.312 e. The minimum Gasteiger partial charge on any atom is -0.489 e. The van der Waals surface area contributed by atoms with Crippen molar-refractivity contribution in [3.63, 3.8) is 0 Å². The van der Waals surface area contributed by atoms with Gasteiger partial charge in [-0.05, 0) is 45.8 Å². The summed E-state index contributed by atoms with van der Waals surface area (Å²) in [5.41, 5.74) is 1.13. The van der Waals surface area contributed by atoms with E-state index in [0.717, 1.165) is 5.69 Å². The lowest BCUT2D eigenvalue weighted by Crippen LogP contribution is -2.49. The van der Waals surface area contributed by atoms with E-state index < -0.39 is 4.92 Å². The quantitative estimate of drug-likeness (QED) is 0.286. The Morgan fingerprint density at radius 2 is 1.90 bits per heavy atom. The first kappa shape index (κ1) is 21.3. The first-order valence-electron chi connectivity index (χ1n) is 9.17. The predicted octanol–water partition coefficient (Wildman–Crippen LogP) is 3.62. The molecule has 30 heavy (non-hydrogen) atoms. The lowest BCUT2D eigenvalue weighted by Gasteiger charge is -2.36. The number of nitro benzene ring substituents is 1. The van der Waals surface area contributed by atoms with Crippen LogP contribution in [0.3, 0.4) is 0 Å². The van der Waals surface area contributed by atoms with Crippen LogP contribution in [0.25, 0.3) is 6.08 Å². The molecule has 0 saturated carbocycles. The molecule has 1 aliphatic heterocycles.